The molecule has 0 spiro atoms. The molecule has 4 N–H and O–H groups in total. The minimum absolute atomic E-state index is 0.251. The number of halogens is 1. The Kier molecular flexibility index (Phi) is 6.03. The minimum Gasteiger partial charge on any atom is -0.373 e. The number of thiophene rings is 1. The van der Waals surface area contributed by atoms with Gasteiger partial charge in [0.2, 0.25) is 0 Å². The highest BCUT2D eigenvalue weighted by molar-refractivity contribution is 7.13. The lowest BCUT2D eigenvalue weighted by atomic mass is 10.1. The maximum absolute atomic E-state index is 13.7. The zero-order chi connectivity index (χ0) is 27.1. The lowest BCUT2D eigenvalue weighted by molar-refractivity contribution is 0.204. The summed E-state index contributed by atoms with van der Waals surface area (Å²) in [4.78, 5) is 18.0. The molecule has 0 aliphatic rings. The van der Waals surface area contributed by atoms with Gasteiger partial charge in [0.25, 0.3) is 0 Å². The van der Waals surface area contributed by atoms with E-state index in [1.807, 2.05) is 60.7 Å². The van der Waals surface area contributed by atoms with Gasteiger partial charge in [0, 0.05) is 35.3 Å². The van der Waals surface area contributed by atoms with Gasteiger partial charge in [-0.05, 0) is 48.0 Å². The van der Waals surface area contributed by atoms with Gasteiger partial charge in [0.1, 0.15) is 17.4 Å². The van der Waals surface area contributed by atoms with Crippen molar-refractivity contribution in [3.63, 3.8) is 0 Å². The second-order valence-electron chi connectivity index (χ2n) is 9.38. The molecule has 40 heavy (non-hydrogen) atoms. The summed E-state index contributed by atoms with van der Waals surface area (Å²) in [5.74, 6) is 0. The number of benzene rings is 1. The van der Waals surface area contributed by atoms with Crippen LogP contribution in [0.25, 0.3) is 55.2 Å². The normalized spacial score (nSPS) is 12.2. The van der Waals surface area contributed by atoms with E-state index in [-0.39, 0.29) is 5.13 Å². The molecule has 8 nitrogen and oxygen atoms in total. The van der Waals surface area contributed by atoms with Crippen LogP contribution in [0.4, 0.5) is 10.1 Å². The molecule has 0 aliphatic carbocycles. The third-order valence-corrected chi connectivity index (χ3v) is 7.54. The number of aliphatic hydroxyl groups is 1. The zero-order valence-electron chi connectivity index (χ0n) is 21.0. The molecule has 0 aliphatic heterocycles. The summed E-state index contributed by atoms with van der Waals surface area (Å²) in [6.45, 7) is 0. The van der Waals surface area contributed by atoms with Crippen molar-refractivity contribution in [3.8, 4) is 33.2 Å². The van der Waals surface area contributed by atoms with Crippen molar-refractivity contribution in [2.24, 2.45) is 0 Å². The van der Waals surface area contributed by atoms with Crippen LogP contribution in [0.1, 0.15) is 5.56 Å². The van der Waals surface area contributed by atoms with Crippen LogP contribution in [-0.2, 0) is 6.42 Å². The molecular formula is C30H22FN7OS. The highest BCUT2D eigenvalue weighted by Crippen LogP contribution is 2.35. The fourth-order valence-electron chi connectivity index (χ4n) is 4.81. The molecule has 10 heteroatoms. The molecule has 1 atom stereocenters. The van der Waals surface area contributed by atoms with Crippen molar-refractivity contribution in [3.05, 3.63) is 102 Å². The number of pyridine rings is 3. The first-order valence-electron chi connectivity index (χ1n) is 12.6. The number of rotatable bonds is 7. The predicted octanol–water partition coefficient (Wildman–Crippen LogP) is 6.40. The molecule has 6 aromatic heterocycles. The van der Waals surface area contributed by atoms with E-state index in [0.717, 1.165) is 55.1 Å². The van der Waals surface area contributed by atoms with Gasteiger partial charge < -0.3 is 15.4 Å². The van der Waals surface area contributed by atoms with E-state index < -0.39 is 6.23 Å². The van der Waals surface area contributed by atoms with Crippen LogP contribution in [0, 0.1) is 5.13 Å². The number of nitrogens with zero attached hydrogens (tertiary/aromatic N) is 4. The molecule has 0 saturated heterocycles. The van der Waals surface area contributed by atoms with Gasteiger partial charge >= 0.3 is 0 Å². The molecule has 0 bridgehead atoms. The Morgan fingerprint density at radius 2 is 1.85 bits per heavy atom. The summed E-state index contributed by atoms with van der Waals surface area (Å²) in [6, 6.07) is 22.6. The SMILES string of the molecule is OC(Cc1ccccc1)Nc1cncc(-c2ccc3[nH]nc(-c4cc5c(-c6ccc(F)s6)nccc5[nH]4)c3n2)c1. The largest absolute Gasteiger partial charge is 0.373 e. The van der Waals surface area contributed by atoms with Gasteiger partial charge in [0.15, 0.2) is 5.13 Å². The van der Waals surface area contributed by atoms with Crippen LogP contribution >= 0.6 is 11.3 Å². The van der Waals surface area contributed by atoms with E-state index in [1.54, 1.807) is 24.7 Å². The summed E-state index contributed by atoms with van der Waals surface area (Å²) >= 11 is 1.07. The highest BCUT2D eigenvalue weighted by atomic mass is 32.1. The van der Waals surface area contributed by atoms with Gasteiger partial charge in [-0.25, -0.2) is 4.98 Å². The van der Waals surface area contributed by atoms with E-state index in [2.05, 4.69) is 30.5 Å². The standard InChI is InChI=1S/C30H22FN7OS/c31-26-9-8-25(40-26)28-20-14-24(35-22(20)10-11-33-28)30-29-23(37-38-30)7-6-21(36-29)18-13-19(16-32-15-18)34-27(39)12-17-4-2-1-3-5-17/h1-11,13-16,27,34-35,39H,12H2,(H,37,38). The summed E-state index contributed by atoms with van der Waals surface area (Å²) in [7, 11) is 0. The average Bonchev–Trinajstić information content (AvgIpc) is 3.71. The topological polar surface area (TPSA) is 115 Å². The molecule has 0 fully saturated rings. The van der Waals surface area contributed by atoms with Gasteiger partial charge in [-0.15, -0.1) is 11.3 Å². The molecule has 1 aromatic carbocycles. The van der Waals surface area contributed by atoms with Gasteiger partial charge in [-0.2, -0.15) is 9.49 Å². The van der Waals surface area contributed by atoms with Crippen LogP contribution in [0.3, 0.4) is 0 Å². The molecule has 196 valence electrons. The quantitative estimate of drug-likeness (QED) is 0.172. The van der Waals surface area contributed by atoms with E-state index in [4.69, 9.17) is 4.98 Å². The summed E-state index contributed by atoms with van der Waals surface area (Å²) < 4.78 is 13.7. The van der Waals surface area contributed by atoms with Crippen LogP contribution < -0.4 is 5.32 Å². The van der Waals surface area contributed by atoms with Crippen LogP contribution in [0.5, 0.6) is 0 Å². The molecule has 0 saturated carbocycles. The van der Waals surface area contributed by atoms with Gasteiger partial charge in [0.05, 0.1) is 39.4 Å². The molecule has 0 amide bonds. The van der Waals surface area contributed by atoms with E-state index in [0.29, 0.717) is 29.0 Å². The molecule has 1 unspecified atom stereocenters. The first kappa shape index (κ1) is 24.1. The van der Waals surface area contributed by atoms with E-state index >= 15 is 0 Å². The Morgan fingerprint density at radius 3 is 2.70 bits per heavy atom. The number of nitrogens with one attached hydrogen (secondary N) is 3. The number of aromatic nitrogens is 6. The predicted molar refractivity (Wildman–Crippen MR) is 155 cm³/mol. The van der Waals surface area contributed by atoms with Crippen molar-refractivity contribution in [1.82, 2.24) is 30.1 Å². The Balaban J connectivity index is 1.21. The van der Waals surface area contributed by atoms with E-state index in [1.165, 1.54) is 6.07 Å². The first-order valence-corrected chi connectivity index (χ1v) is 13.5. The molecule has 7 aromatic rings. The number of aliphatic hydroxyl groups excluding tert-OH is 1. The van der Waals surface area contributed by atoms with Gasteiger partial charge in [-0.3, -0.25) is 15.1 Å². The van der Waals surface area contributed by atoms with Crippen LogP contribution in [0.2, 0.25) is 0 Å². The second-order valence-corrected chi connectivity index (χ2v) is 10.4. The lowest BCUT2D eigenvalue weighted by Crippen LogP contribution is -2.21. The number of fused-ring (bicyclic) bond motifs is 2. The highest BCUT2D eigenvalue weighted by Gasteiger charge is 2.17. The Hall–Kier alpha value is -4.93. The van der Waals surface area contributed by atoms with Crippen molar-refractivity contribution in [2.45, 2.75) is 12.6 Å². The van der Waals surface area contributed by atoms with Crippen LogP contribution in [-0.4, -0.2) is 41.5 Å². The summed E-state index contributed by atoms with van der Waals surface area (Å²) in [5, 5.41) is 21.9. The third kappa shape index (κ3) is 4.59. The first-order chi connectivity index (χ1) is 19.6. The fourth-order valence-corrected chi connectivity index (χ4v) is 5.55. The number of H-pyrrole nitrogens is 2. The monoisotopic (exact) mass is 547 g/mol. The molecule has 6 heterocycles. The molecular weight excluding hydrogens is 525 g/mol. The molecule has 0 radical (unpaired) electrons. The number of hydrogen-bond acceptors (Lipinski definition) is 7. The maximum atomic E-state index is 13.7. The lowest BCUT2D eigenvalue weighted by Gasteiger charge is -2.14. The Labute approximate surface area is 231 Å². The number of aromatic amines is 2. The van der Waals surface area contributed by atoms with Crippen molar-refractivity contribution < 1.29 is 9.50 Å². The van der Waals surface area contributed by atoms with Crippen molar-refractivity contribution in [2.75, 3.05) is 5.32 Å². The van der Waals surface area contributed by atoms with E-state index in [9.17, 15) is 9.50 Å². The fraction of sp³-hybridized carbons (Fsp3) is 0.0667. The van der Waals surface area contributed by atoms with Crippen molar-refractivity contribution in [1.29, 1.82) is 0 Å². The smallest absolute Gasteiger partial charge is 0.177 e. The van der Waals surface area contributed by atoms with Crippen LogP contribution in [0.15, 0.2) is 91.4 Å². The minimum atomic E-state index is -0.762. The summed E-state index contributed by atoms with van der Waals surface area (Å²) in [6.07, 6.45) is 4.83. The Morgan fingerprint density at radius 1 is 0.950 bits per heavy atom. The van der Waals surface area contributed by atoms with Gasteiger partial charge in [-0.1, -0.05) is 30.3 Å². The zero-order valence-corrected chi connectivity index (χ0v) is 21.8. The second kappa shape index (κ2) is 9.99. The summed E-state index contributed by atoms with van der Waals surface area (Å²) in [5.41, 5.74) is 7.76. The van der Waals surface area contributed by atoms with Crippen molar-refractivity contribution >= 4 is 39.0 Å². The molecule has 7 rings (SSSR count). The number of anilines is 1. The Bertz CT molecular complexity index is 1960. The third-order valence-electron chi connectivity index (χ3n) is 6.66. The number of hydrogen-bond donors (Lipinski definition) is 4. The average molecular weight is 548 g/mol. The maximum Gasteiger partial charge on any atom is 0.177 e.